The van der Waals surface area contributed by atoms with Crippen molar-refractivity contribution in [3.8, 4) is 0 Å². The van der Waals surface area contributed by atoms with Gasteiger partial charge in [0.1, 0.15) is 12.3 Å². The fraction of sp³-hybridized carbons (Fsp3) is 0.312. The van der Waals surface area contributed by atoms with Crippen LogP contribution in [0.3, 0.4) is 0 Å². The first-order valence-corrected chi connectivity index (χ1v) is 7.32. The van der Waals surface area contributed by atoms with Gasteiger partial charge in [-0.15, -0.1) is 0 Å². The lowest BCUT2D eigenvalue weighted by Gasteiger charge is -2.17. The van der Waals surface area contributed by atoms with Crippen LogP contribution < -0.4 is 10.6 Å². The van der Waals surface area contributed by atoms with Gasteiger partial charge in [-0.25, -0.2) is 4.79 Å². The van der Waals surface area contributed by atoms with Crippen LogP contribution in [0.25, 0.3) is 0 Å². The maximum atomic E-state index is 12.1. The van der Waals surface area contributed by atoms with Gasteiger partial charge in [-0.3, -0.25) is 10.1 Å². The summed E-state index contributed by atoms with van der Waals surface area (Å²) in [6, 6.07) is 8.75. The van der Waals surface area contributed by atoms with Gasteiger partial charge in [0.05, 0.1) is 0 Å². The van der Waals surface area contributed by atoms with Gasteiger partial charge >= 0.3 is 6.03 Å². The van der Waals surface area contributed by atoms with Crippen LogP contribution in [0.4, 0.5) is 16.3 Å². The minimum atomic E-state index is -0.433. The number of para-hydroxylation sites is 1. The molecule has 2 rings (SSSR count). The highest BCUT2D eigenvalue weighted by molar-refractivity contribution is 5.97. The molecule has 0 fully saturated rings. The Morgan fingerprint density at radius 3 is 2.65 bits per heavy atom. The number of rotatable bonds is 5. The van der Waals surface area contributed by atoms with Gasteiger partial charge in [-0.1, -0.05) is 30.3 Å². The average molecular weight is 316 g/mol. The highest BCUT2D eigenvalue weighted by Gasteiger charge is 2.15. The van der Waals surface area contributed by atoms with Gasteiger partial charge in [0.15, 0.2) is 5.82 Å². The Morgan fingerprint density at radius 2 is 2.00 bits per heavy atom. The Balaban J connectivity index is 1.90. The van der Waals surface area contributed by atoms with Crippen LogP contribution in [-0.2, 0) is 11.2 Å². The lowest BCUT2D eigenvalue weighted by molar-refractivity contribution is -0.116. The first kappa shape index (κ1) is 16.5. The van der Waals surface area contributed by atoms with Gasteiger partial charge in [0, 0.05) is 18.8 Å². The summed E-state index contributed by atoms with van der Waals surface area (Å²) in [5, 5.41) is 9.05. The van der Waals surface area contributed by atoms with Gasteiger partial charge in [0.25, 0.3) is 0 Å². The number of anilines is 2. The number of hydrogen-bond acceptors (Lipinski definition) is 4. The van der Waals surface area contributed by atoms with E-state index in [0.717, 1.165) is 17.7 Å². The molecule has 7 nitrogen and oxygen atoms in total. The number of likely N-dealkylation sites (N-methyl/N-ethyl adjacent to an activating group) is 1. The summed E-state index contributed by atoms with van der Waals surface area (Å²) in [5.74, 6) is 0.646. The minimum absolute atomic E-state index is 0.0687. The van der Waals surface area contributed by atoms with E-state index in [4.69, 9.17) is 4.52 Å². The van der Waals surface area contributed by atoms with E-state index >= 15 is 0 Å². The molecule has 2 aromatic rings. The third-order valence-corrected chi connectivity index (χ3v) is 3.26. The van der Waals surface area contributed by atoms with Crippen LogP contribution >= 0.6 is 0 Å². The number of aromatic nitrogens is 1. The number of carbonyl (C=O) groups excluding carboxylic acids is 2. The fourth-order valence-corrected chi connectivity index (χ4v) is 2.06. The summed E-state index contributed by atoms with van der Waals surface area (Å²) in [7, 11) is 1.54. The minimum Gasteiger partial charge on any atom is -0.360 e. The van der Waals surface area contributed by atoms with Crippen molar-refractivity contribution in [2.24, 2.45) is 0 Å². The van der Waals surface area contributed by atoms with Crippen molar-refractivity contribution < 1.29 is 14.1 Å². The summed E-state index contributed by atoms with van der Waals surface area (Å²) in [6.07, 6.45) is 0.818. The highest BCUT2D eigenvalue weighted by atomic mass is 16.5. The van der Waals surface area contributed by atoms with Crippen LogP contribution in [0.1, 0.15) is 18.2 Å². The monoisotopic (exact) mass is 316 g/mol. The molecule has 0 aliphatic carbocycles. The molecule has 0 saturated carbocycles. The molecule has 0 atom stereocenters. The Hall–Kier alpha value is -2.83. The van der Waals surface area contributed by atoms with Crippen molar-refractivity contribution in [3.63, 3.8) is 0 Å². The molecule has 0 bridgehead atoms. The van der Waals surface area contributed by atoms with Gasteiger partial charge < -0.3 is 14.7 Å². The average Bonchev–Trinajstić information content (AvgIpc) is 2.92. The number of nitrogens with one attached hydrogen (secondary N) is 2. The third kappa shape index (κ3) is 4.57. The van der Waals surface area contributed by atoms with Crippen molar-refractivity contribution in [1.29, 1.82) is 0 Å². The molecule has 2 N–H and O–H groups in total. The summed E-state index contributed by atoms with van der Waals surface area (Å²) in [6.45, 7) is 3.68. The standard InChI is InChI=1S/C16H20N4O3/c1-4-12-7-5-6-8-13(12)17-15(21)10-20(3)16(22)18-14-9-11(2)23-19-14/h5-9H,4,10H2,1-3H3,(H,17,21)(H,18,19,22). The summed E-state index contributed by atoms with van der Waals surface area (Å²) in [4.78, 5) is 25.3. The van der Waals surface area contributed by atoms with Crippen LogP contribution in [0, 0.1) is 6.92 Å². The summed E-state index contributed by atoms with van der Waals surface area (Å²) in [5.41, 5.74) is 1.81. The van der Waals surface area contributed by atoms with Crippen LogP contribution in [0.15, 0.2) is 34.9 Å². The van der Waals surface area contributed by atoms with Crippen molar-refractivity contribution in [2.75, 3.05) is 24.2 Å². The maximum Gasteiger partial charge on any atom is 0.323 e. The number of hydrogen-bond donors (Lipinski definition) is 2. The van der Waals surface area contributed by atoms with Gasteiger partial charge in [-0.05, 0) is 25.0 Å². The van der Waals surface area contributed by atoms with Crippen LogP contribution in [0.5, 0.6) is 0 Å². The fourth-order valence-electron chi connectivity index (χ4n) is 2.06. The van der Waals surface area contributed by atoms with Crippen molar-refractivity contribution in [3.05, 3.63) is 41.7 Å². The quantitative estimate of drug-likeness (QED) is 0.887. The van der Waals surface area contributed by atoms with Gasteiger partial charge in [-0.2, -0.15) is 0 Å². The Kier molecular flexibility index (Phi) is 5.35. The predicted octanol–water partition coefficient (Wildman–Crippen LogP) is 2.65. The first-order valence-electron chi connectivity index (χ1n) is 7.32. The number of amides is 3. The second-order valence-electron chi connectivity index (χ2n) is 5.17. The zero-order valence-electron chi connectivity index (χ0n) is 13.4. The lowest BCUT2D eigenvalue weighted by Crippen LogP contribution is -2.37. The molecule has 0 saturated heterocycles. The molecule has 3 amide bonds. The molecule has 23 heavy (non-hydrogen) atoms. The highest BCUT2D eigenvalue weighted by Crippen LogP contribution is 2.15. The van der Waals surface area contributed by atoms with Crippen LogP contribution in [-0.4, -0.2) is 35.6 Å². The molecular formula is C16H20N4O3. The van der Waals surface area contributed by atoms with E-state index in [-0.39, 0.29) is 12.5 Å². The lowest BCUT2D eigenvalue weighted by atomic mass is 10.1. The van der Waals surface area contributed by atoms with E-state index in [9.17, 15) is 9.59 Å². The van der Waals surface area contributed by atoms with E-state index in [1.807, 2.05) is 31.2 Å². The molecule has 0 radical (unpaired) electrons. The Labute approximate surface area is 134 Å². The molecule has 1 heterocycles. The first-order chi connectivity index (χ1) is 11.0. The Morgan fingerprint density at radius 1 is 1.26 bits per heavy atom. The molecule has 7 heteroatoms. The number of urea groups is 1. The maximum absolute atomic E-state index is 12.1. The predicted molar refractivity (Wildman–Crippen MR) is 87.3 cm³/mol. The van der Waals surface area contributed by atoms with Crippen LogP contribution in [0.2, 0.25) is 0 Å². The second kappa shape index (κ2) is 7.44. The summed E-state index contributed by atoms with van der Waals surface area (Å²) >= 11 is 0. The van der Waals surface area contributed by atoms with Crippen molar-refractivity contribution in [2.45, 2.75) is 20.3 Å². The molecular weight excluding hydrogens is 296 g/mol. The molecule has 0 unspecified atom stereocenters. The number of aryl methyl sites for hydroxylation is 2. The van der Waals surface area contributed by atoms with E-state index in [2.05, 4.69) is 15.8 Å². The van der Waals surface area contributed by atoms with E-state index in [1.54, 1.807) is 13.0 Å². The molecule has 0 spiro atoms. The Bertz CT molecular complexity index is 696. The molecule has 1 aromatic heterocycles. The van der Waals surface area contributed by atoms with E-state index < -0.39 is 6.03 Å². The van der Waals surface area contributed by atoms with Crippen molar-refractivity contribution in [1.82, 2.24) is 10.1 Å². The topological polar surface area (TPSA) is 87.5 Å². The largest absolute Gasteiger partial charge is 0.360 e. The number of carbonyl (C=O) groups is 2. The SMILES string of the molecule is CCc1ccccc1NC(=O)CN(C)C(=O)Nc1cc(C)on1. The third-order valence-electron chi connectivity index (χ3n) is 3.26. The smallest absolute Gasteiger partial charge is 0.323 e. The second-order valence-corrected chi connectivity index (χ2v) is 5.17. The van der Waals surface area contributed by atoms with E-state index in [0.29, 0.717) is 11.6 Å². The van der Waals surface area contributed by atoms with Gasteiger partial charge in [0.2, 0.25) is 5.91 Å². The number of nitrogens with zero attached hydrogens (tertiary/aromatic N) is 2. The number of benzene rings is 1. The normalized spacial score (nSPS) is 10.2. The zero-order chi connectivity index (χ0) is 16.8. The molecule has 0 aliphatic rings. The molecule has 0 aliphatic heterocycles. The molecule has 122 valence electrons. The molecule has 1 aromatic carbocycles. The van der Waals surface area contributed by atoms with E-state index in [1.165, 1.54) is 11.9 Å². The van der Waals surface area contributed by atoms with Crippen molar-refractivity contribution >= 4 is 23.4 Å². The summed E-state index contributed by atoms with van der Waals surface area (Å²) < 4.78 is 4.87. The zero-order valence-corrected chi connectivity index (χ0v) is 13.4.